The average molecular weight is 455 g/mol. The topological polar surface area (TPSA) is 102 Å². The number of ether oxygens (including phenoxy) is 2. The number of carbonyl (C=O) groups excluding carboxylic acids is 1. The van der Waals surface area contributed by atoms with E-state index >= 15 is 0 Å². The van der Waals surface area contributed by atoms with Gasteiger partial charge in [-0.15, -0.1) is 15.3 Å². The van der Waals surface area contributed by atoms with Crippen molar-refractivity contribution in [3.05, 3.63) is 53.2 Å². The van der Waals surface area contributed by atoms with E-state index in [1.165, 1.54) is 11.3 Å². The Bertz CT molecular complexity index is 1030. The van der Waals surface area contributed by atoms with Crippen LogP contribution in [-0.4, -0.2) is 59.0 Å². The Morgan fingerprint density at radius 3 is 2.97 bits per heavy atom. The molecular weight excluding hydrogens is 428 g/mol. The predicted octanol–water partition coefficient (Wildman–Crippen LogP) is 2.92. The summed E-state index contributed by atoms with van der Waals surface area (Å²) in [5, 5.41) is 21.4. The number of aromatic nitrogens is 4. The third-order valence-corrected chi connectivity index (χ3v) is 6.07. The number of Topliss-reactive ketones (excluding diaryl/α,β-unsaturated/α-hetero) is 1. The largest absolute Gasteiger partial charge is 0.497 e. The summed E-state index contributed by atoms with van der Waals surface area (Å²) in [5.74, 6) is 1.51. The Morgan fingerprint density at radius 1 is 1.28 bits per heavy atom. The SMILES string of the molecule is CCO[C@H](C(=O)Cc1nnc(N[C@@H]2CCN(c3cccnn3)C2)s1)c1cccc(OC)c1. The lowest BCUT2D eigenvalue weighted by atomic mass is 10.0. The number of methoxy groups -OCH3 is 1. The molecule has 32 heavy (non-hydrogen) atoms. The predicted molar refractivity (Wildman–Crippen MR) is 122 cm³/mol. The summed E-state index contributed by atoms with van der Waals surface area (Å²) < 4.78 is 11.0. The normalized spacial score (nSPS) is 16.7. The van der Waals surface area contributed by atoms with Crippen LogP contribution in [0.2, 0.25) is 0 Å². The van der Waals surface area contributed by atoms with Gasteiger partial charge in [-0.25, -0.2) is 0 Å². The molecule has 10 heteroatoms. The molecule has 1 saturated heterocycles. The maximum atomic E-state index is 13.0. The minimum absolute atomic E-state index is 0.0579. The first-order chi connectivity index (χ1) is 15.7. The third-order valence-electron chi connectivity index (χ3n) is 5.21. The van der Waals surface area contributed by atoms with Gasteiger partial charge in [0, 0.05) is 31.9 Å². The Hall–Kier alpha value is -3.11. The molecule has 0 radical (unpaired) electrons. The molecule has 0 unspecified atom stereocenters. The second-order valence-corrected chi connectivity index (χ2v) is 8.48. The van der Waals surface area contributed by atoms with E-state index < -0.39 is 6.10 Å². The van der Waals surface area contributed by atoms with Gasteiger partial charge in [0.15, 0.2) is 11.6 Å². The Labute approximate surface area is 190 Å². The maximum absolute atomic E-state index is 13.0. The van der Waals surface area contributed by atoms with E-state index in [2.05, 4.69) is 30.6 Å². The van der Waals surface area contributed by atoms with Crippen LogP contribution < -0.4 is 15.0 Å². The van der Waals surface area contributed by atoms with Gasteiger partial charge in [-0.3, -0.25) is 4.79 Å². The Morgan fingerprint density at radius 2 is 2.19 bits per heavy atom. The number of hydrogen-bond acceptors (Lipinski definition) is 10. The first kappa shape index (κ1) is 22.1. The molecule has 168 valence electrons. The van der Waals surface area contributed by atoms with Crippen molar-refractivity contribution in [1.82, 2.24) is 20.4 Å². The van der Waals surface area contributed by atoms with E-state index in [-0.39, 0.29) is 18.2 Å². The monoisotopic (exact) mass is 454 g/mol. The molecule has 0 amide bonds. The molecule has 1 fully saturated rings. The van der Waals surface area contributed by atoms with Crippen molar-refractivity contribution in [2.75, 3.05) is 37.0 Å². The highest BCUT2D eigenvalue weighted by Crippen LogP contribution is 2.27. The van der Waals surface area contributed by atoms with Gasteiger partial charge in [0.25, 0.3) is 0 Å². The Balaban J connectivity index is 1.36. The van der Waals surface area contributed by atoms with Crippen molar-refractivity contribution in [1.29, 1.82) is 0 Å². The van der Waals surface area contributed by atoms with Crippen molar-refractivity contribution in [2.45, 2.75) is 31.9 Å². The third kappa shape index (κ3) is 5.38. The van der Waals surface area contributed by atoms with Crippen molar-refractivity contribution in [3.63, 3.8) is 0 Å². The van der Waals surface area contributed by atoms with Gasteiger partial charge in [0.05, 0.1) is 13.5 Å². The fraction of sp³-hybridized carbons (Fsp3) is 0.409. The van der Waals surface area contributed by atoms with Crippen LogP contribution in [-0.2, 0) is 16.0 Å². The zero-order valence-corrected chi connectivity index (χ0v) is 18.9. The standard InChI is InChI=1S/C22H26N6O3S/c1-3-31-21(15-6-4-7-17(12-15)30-2)18(29)13-20-26-27-22(32-20)24-16-9-11-28(14-16)19-8-5-10-23-25-19/h4-8,10,12,16,21H,3,9,11,13-14H2,1-2H3,(H,24,27)/t16-,21+/m1/s1. The molecule has 1 aliphatic rings. The Kier molecular flexibility index (Phi) is 7.23. The molecule has 2 atom stereocenters. The van der Waals surface area contributed by atoms with Gasteiger partial charge in [-0.05, 0) is 43.2 Å². The maximum Gasteiger partial charge on any atom is 0.205 e. The molecule has 0 saturated carbocycles. The van der Waals surface area contributed by atoms with Crippen LogP contribution >= 0.6 is 11.3 Å². The molecule has 3 heterocycles. The first-order valence-electron chi connectivity index (χ1n) is 10.6. The number of benzene rings is 1. The van der Waals surface area contributed by atoms with E-state index in [1.54, 1.807) is 13.3 Å². The number of rotatable bonds is 10. The minimum Gasteiger partial charge on any atom is -0.497 e. The first-order valence-corrected chi connectivity index (χ1v) is 11.4. The molecule has 1 N–H and O–H groups in total. The molecule has 0 bridgehead atoms. The smallest absolute Gasteiger partial charge is 0.205 e. The number of nitrogens with zero attached hydrogens (tertiary/aromatic N) is 5. The van der Waals surface area contributed by atoms with Gasteiger partial charge in [0.1, 0.15) is 16.9 Å². The van der Waals surface area contributed by atoms with Crippen LogP contribution in [0.3, 0.4) is 0 Å². The quantitative estimate of drug-likeness (QED) is 0.495. The lowest BCUT2D eigenvalue weighted by Gasteiger charge is -2.16. The van der Waals surface area contributed by atoms with Crippen molar-refractivity contribution in [3.8, 4) is 5.75 Å². The summed E-state index contributed by atoms with van der Waals surface area (Å²) in [6, 6.07) is 11.5. The van der Waals surface area contributed by atoms with Crippen LogP contribution in [0.5, 0.6) is 5.75 Å². The lowest BCUT2D eigenvalue weighted by Crippen LogP contribution is -2.26. The molecular formula is C22H26N6O3S. The highest BCUT2D eigenvalue weighted by Gasteiger charge is 2.26. The highest BCUT2D eigenvalue weighted by molar-refractivity contribution is 7.15. The van der Waals surface area contributed by atoms with Gasteiger partial charge in [-0.2, -0.15) is 5.10 Å². The fourth-order valence-corrected chi connectivity index (χ4v) is 4.52. The average Bonchev–Trinajstić information content (AvgIpc) is 3.48. The summed E-state index contributed by atoms with van der Waals surface area (Å²) in [6.45, 7) is 4.02. The minimum atomic E-state index is -0.661. The molecule has 9 nitrogen and oxygen atoms in total. The zero-order chi connectivity index (χ0) is 22.3. The van der Waals surface area contributed by atoms with Gasteiger partial charge in [-0.1, -0.05) is 23.5 Å². The van der Waals surface area contributed by atoms with Crippen LogP contribution in [0.4, 0.5) is 10.9 Å². The lowest BCUT2D eigenvalue weighted by molar-refractivity contribution is -0.130. The van der Waals surface area contributed by atoms with E-state index in [9.17, 15) is 4.79 Å². The van der Waals surface area contributed by atoms with E-state index in [1.807, 2.05) is 43.3 Å². The summed E-state index contributed by atoms with van der Waals surface area (Å²) in [5.41, 5.74) is 0.772. The summed E-state index contributed by atoms with van der Waals surface area (Å²) in [7, 11) is 1.60. The summed E-state index contributed by atoms with van der Waals surface area (Å²) >= 11 is 1.40. The van der Waals surface area contributed by atoms with Crippen molar-refractivity contribution < 1.29 is 14.3 Å². The molecule has 4 rings (SSSR count). The second-order valence-electron chi connectivity index (χ2n) is 7.41. The molecule has 0 aliphatic carbocycles. The van der Waals surface area contributed by atoms with Crippen molar-refractivity contribution in [2.24, 2.45) is 0 Å². The van der Waals surface area contributed by atoms with Gasteiger partial charge in [0.2, 0.25) is 5.13 Å². The van der Waals surface area contributed by atoms with E-state index in [4.69, 9.17) is 9.47 Å². The molecule has 3 aromatic rings. The number of anilines is 2. The second kappa shape index (κ2) is 10.5. The molecule has 0 spiro atoms. The van der Waals surface area contributed by atoms with Crippen LogP contribution in [0, 0.1) is 0 Å². The number of hydrogen-bond donors (Lipinski definition) is 1. The number of nitrogens with one attached hydrogen (secondary N) is 1. The number of ketones is 1. The summed E-state index contributed by atoms with van der Waals surface area (Å²) in [4.78, 5) is 15.2. The zero-order valence-electron chi connectivity index (χ0n) is 18.1. The van der Waals surface area contributed by atoms with Crippen molar-refractivity contribution >= 4 is 28.1 Å². The molecule has 1 aromatic carbocycles. The molecule has 2 aromatic heterocycles. The molecule has 1 aliphatic heterocycles. The van der Waals surface area contributed by atoms with Crippen LogP contribution in [0.1, 0.15) is 30.0 Å². The summed E-state index contributed by atoms with van der Waals surface area (Å²) in [6.07, 6.45) is 2.14. The van der Waals surface area contributed by atoms with E-state index in [0.717, 1.165) is 30.9 Å². The van der Waals surface area contributed by atoms with Gasteiger partial charge >= 0.3 is 0 Å². The van der Waals surface area contributed by atoms with Gasteiger partial charge < -0.3 is 19.7 Å². The number of carbonyl (C=O) groups is 1. The highest BCUT2D eigenvalue weighted by atomic mass is 32.1. The van der Waals surface area contributed by atoms with E-state index in [0.29, 0.717) is 22.5 Å². The van der Waals surface area contributed by atoms with Crippen LogP contribution in [0.15, 0.2) is 42.6 Å². The van der Waals surface area contributed by atoms with Crippen LogP contribution in [0.25, 0.3) is 0 Å². The fourth-order valence-electron chi connectivity index (χ4n) is 3.69.